The van der Waals surface area contributed by atoms with E-state index in [0.29, 0.717) is 12.3 Å². The summed E-state index contributed by atoms with van der Waals surface area (Å²) in [5.74, 6) is 0.372. The Bertz CT molecular complexity index is 672. The van der Waals surface area contributed by atoms with Crippen molar-refractivity contribution in [2.45, 2.75) is 81.8 Å². The Kier molecular flexibility index (Phi) is 6.72. The number of hydrogen-bond donors (Lipinski definition) is 2. The fourth-order valence-electron chi connectivity index (χ4n) is 4.48. The van der Waals surface area contributed by atoms with Crippen LogP contribution in [0.25, 0.3) is 0 Å². The monoisotopic (exact) mass is 371 g/mol. The number of rotatable bonds is 8. The highest BCUT2D eigenvalue weighted by atomic mass is 16.5. The fourth-order valence-corrected chi connectivity index (χ4v) is 4.48. The molecular weight excluding hydrogens is 338 g/mol. The Morgan fingerprint density at radius 3 is 2.93 bits per heavy atom. The lowest BCUT2D eigenvalue weighted by molar-refractivity contribution is -0.149. The summed E-state index contributed by atoms with van der Waals surface area (Å²) < 4.78 is 5.69. The second-order valence-corrected chi connectivity index (χ2v) is 8.38. The van der Waals surface area contributed by atoms with Gasteiger partial charge in [0.1, 0.15) is 6.10 Å². The van der Waals surface area contributed by atoms with Crippen LogP contribution in [0.5, 0.6) is 0 Å². The SMILES string of the molecule is C=CCCCCC(=O)OC1CCc2cc([C@H]3CC[C@](N)(CO)C3)ccc2C1. The third-order valence-electron chi connectivity index (χ3n) is 6.18. The second kappa shape index (κ2) is 9.03. The van der Waals surface area contributed by atoms with Crippen molar-refractivity contribution in [1.29, 1.82) is 0 Å². The predicted molar refractivity (Wildman–Crippen MR) is 108 cm³/mol. The molecule has 1 fully saturated rings. The van der Waals surface area contributed by atoms with Crippen molar-refractivity contribution in [3.05, 3.63) is 47.5 Å². The Labute approximate surface area is 162 Å². The van der Waals surface area contributed by atoms with Crippen LogP contribution in [0.1, 0.15) is 74.0 Å². The maximum absolute atomic E-state index is 12.0. The highest BCUT2D eigenvalue weighted by molar-refractivity contribution is 5.69. The molecule has 0 heterocycles. The van der Waals surface area contributed by atoms with Crippen LogP contribution in [0.3, 0.4) is 0 Å². The van der Waals surface area contributed by atoms with Gasteiger partial charge in [-0.1, -0.05) is 24.3 Å². The maximum atomic E-state index is 12.0. The van der Waals surface area contributed by atoms with Crippen LogP contribution in [0.4, 0.5) is 0 Å². The number of aliphatic hydroxyl groups excluding tert-OH is 1. The van der Waals surface area contributed by atoms with E-state index >= 15 is 0 Å². The van der Waals surface area contributed by atoms with Crippen LogP contribution in [0.15, 0.2) is 30.9 Å². The number of ether oxygens (including phenoxy) is 1. The lowest BCUT2D eigenvalue weighted by Crippen LogP contribution is -2.40. The van der Waals surface area contributed by atoms with Crippen LogP contribution in [0, 0.1) is 0 Å². The summed E-state index contributed by atoms with van der Waals surface area (Å²) in [5.41, 5.74) is 9.84. The molecule has 4 heteroatoms. The lowest BCUT2D eigenvalue weighted by Gasteiger charge is -2.26. The van der Waals surface area contributed by atoms with Crippen molar-refractivity contribution in [1.82, 2.24) is 0 Å². The topological polar surface area (TPSA) is 72.5 Å². The summed E-state index contributed by atoms with van der Waals surface area (Å²) in [4.78, 5) is 12.0. The van der Waals surface area contributed by atoms with E-state index < -0.39 is 5.54 Å². The van der Waals surface area contributed by atoms with Crippen LogP contribution < -0.4 is 5.73 Å². The van der Waals surface area contributed by atoms with Gasteiger partial charge >= 0.3 is 5.97 Å². The van der Waals surface area contributed by atoms with E-state index in [9.17, 15) is 9.90 Å². The number of aliphatic hydroxyl groups is 1. The maximum Gasteiger partial charge on any atom is 0.306 e. The lowest BCUT2D eigenvalue weighted by atomic mass is 9.85. The molecule has 1 unspecified atom stereocenters. The molecule has 1 aromatic carbocycles. The summed E-state index contributed by atoms with van der Waals surface area (Å²) >= 11 is 0. The van der Waals surface area contributed by atoms with E-state index in [4.69, 9.17) is 10.5 Å². The molecule has 3 N–H and O–H groups in total. The Balaban J connectivity index is 1.53. The highest BCUT2D eigenvalue weighted by Crippen LogP contribution is 2.40. The molecule has 2 aliphatic rings. The minimum atomic E-state index is -0.411. The standard InChI is InChI=1S/C23H33NO3/c1-2-3-4-5-6-22(26)27-21-10-9-17-13-18(7-8-19(17)14-21)20-11-12-23(24,15-20)16-25/h2,7-8,13,20-21,25H,1,3-6,9-12,14-16,24H2/t20-,21?,23+/m0/s1. The first-order valence-corrected chi connectivity index (χ1v) is 10.3. The second-order valence-electron chi connectivity index (χ2n) is 8.38. The van der Waals surface area contributed by atoms with Gasteiger partial charge in [0.05, 0.1) is 6.61 Å². The average molecular weight is 372 g/mol. The zero-order valence-corrected chi connectivity index (χ0v) is 16.3. The molecule has 0 saturated heterocycles. The molecule has 0 aliphatic heterocycles. The van der Waals surface area contributed by atoms with Crippen LogP contribution in [0.2, 0.25) is 0 Å². The van der Waals surface area contributed by atoms with Gasteiger partial charge < -0.3 is 15.6 Å². The zero-order chi connectivity index (χ0) is 19.3. The van der Waals surface area contributed by atoms with Gasteiger partial charge in [-0.2, -0.15) is 0 Å². The summed E-state index contributed by atoms with van der Waals surface area (Å²) in [5, 5.41) is 9.49. The van der Waals surface area contributed by atoms with Crippen molar-refractivity contribution in [2.24, 2.45) is 5.73 Å². The van der Waals surface area contributed by atoms with E-state index in [1.165, 1.54) is 16.7 Å². The van der Waals surface area contributed by atoms with E-state index in [2.05, 4.69) is 24.8 Å². The molecule has 1 saturated carbocycles. The van der Waals surface area contributed by atoms with Crippen molar-refractivity contribution in [3.63, 3.8) is 0 Å². The predicted octanol–water partition coefficient (Wildman–Crippen LogP) is 3.79. The summed E-state index contributed by atoms with van der Waals surface area (Å²) in [6.07, 6.45) is 10.7. The molecule has 0 spiro atoms. The normalized spacial score (nSPS) is 27.2. The minimum Gasteiger partial charge on any atom is -0.462 e. The van der Waals surface area contributed by atoms with Crippen molar-refractivity contribution in [3.8, 4) is 0 Å². The largest absolute Gasteiger partial charge is 0.462 e. The van der Waals surface area contributed by atoms with Crippen LogP contribution in [-0.4, -0.2) is 29.3 Å². The van der Waals surface area contributed by atoms with Gasteiger partial charge in [0.25, 0.3) is 0 Å². The zero-order valence-electron chi connectivity index (χ0n) is 16.3. The first kappa shape index (κ1) is 20.1. The molecule has 3 rings (SSSR count). The molecule has 0 aromatic heterocycles. The van der Waals surface area contributed by atoms with Gasteiger partial charge in [-0.25, -0.2) is 0 Å². The van der Waals surface area contributed by atoms with E-state index in [0.717, 1.165) is 57.8 Å². The number of fused-ring (bicyclic) bond motifs is 1. The highest BCUT2D eigenvalue weighted by Gasteiger charge is 2.36. The number of unbranched alkanes of at least 4 members (excludes halogenated alkanes) is 2. The van der Waals surface area contributed by atoms with Crippen molar-refractivity contribution >= 4 is 5.97 Å². The van der Waals surface area contributed by atoms with Gasteiger partial charge in [0.2, 0.25) is 0 Å². The Morgan fingerprint density at radius 2 is 2.19 bits per heavy atom. The summed E-state index contributed by atoms with van der Waals surface area (Å²) in [7, 11) is 0. The third-order valence-corrected chi connectivity index (χ3v) is 6.18. The van der Waals surface area contributed by atoms with Gasteiger partial charge in [-0.05, 0) is 74.0 Å². The fraction of sp³-hybridized carbons (Fsp3) is 0.609. The molecule has 0 bridgehead atoms. The molecule has 0 radical (unpaired) electrons. The molecule has 2 aliphatic carbocycles. The van der Waals surface area contributed by atoms with Gasteiger partial charge in [0.15, 0.2) is 0 Å². The first-order chi connectivity index (χ1) is 13.0. The van der Waals surface area contributed by atoms with Crippen LogP contribution >= 0.6 is 0 Å². The third kappa shape index (κ3) is 5.20. The number of allylic oxidation sites excluding steroid dienone is 1. The number of carbonyl (C=O) groups excluding carboxylic acids is 1. The number of hydrogen-bond acceptors (Lipinski definition) is 4. The van der Waals surface area contributed by atoms with Gasteiger partial charge in [-0.15, -0.1) is 6.58 Å². The Morgan fingerprint density at radius 1 is 1.33 bits per heavy atom. The Hall–Kier alpha value is -1.65. The molecule has 4 nitrogen and oxygen atoms in total. The van der Waals surface area contributed by atoms with E-state index in [1.54, 1.807) is 0 Å². The summed E-state index contributed by atoms with van der Waals surface area (Å²) in [6, 6.07) is 6.72. The number of carbonyl (C=O) groups is 1. The quantitative estimate of drug-likeness (QED) is 0.414. The number of esters is 1. The molecule has 3 atom stereocenters. The van der Waals surface area contributed by atoms with E-state index in [1.807, 2.05) is 6.08 Å². The van der Waals surface area contributed by atoms with E-state index in [-0.39, 0.29) is 18.7 Å². The van der Waals surface area contributed by atoms with Crippen molar-refractivity contribution in [2.75, 3.05) is 6.61 Å². The number of benzene rings is 1. The molecule has 1 aromatic rings. The first-order valence-electron chi connectivity index (χ1n) is 10.3. The average Bonchev–Trinajstić information content (AvgIpc) is 3.08. The molecule has 27 heavy (non-hydrogen) atoms. The molecular formula is C23H33NO3. The van der Waals surface area contributed by atoms with Gasteiger partial charge in [-0.3, -0.25) is 4.79 Å². The number of nitrogens with two attached hydrogens (primary N) is 1. The molecule has 148 valence electrons. The van der Waals surface area contributed by atoms with Gasteiger partial charge in [0, 0.05) is 18.4 Å². The minimum absolute atomic E-state index is 0.00724. The van der Waals surface area contributed by atoms with Crippen LogP contribution in [-0.2, 0) is 22.4 Å². The smallest absolute Gasteiger partial charge is 0.306 e. The number of aryl methyl sites for hydroxylation is 1. The van der Waals surface area contributed by atoms with Crippen molar-refractivity contribution < 1.29 is 14.6 Å². The summed E-state index contributed by atoms with van der Waals surface area (Å²) in [6.45, 7) is 3.77. The molecule has 0 amide bonds.